The smallest absolute Gasteiger partial charge is 0.475 e. The first kappa shape index (κ1) is 32.6. The van der Waals surface area contributed by atoms with Gasteiger partial charge in [0.25, 0.3) is 0 Å². The minimum absolute atomic E-state index is 0.0107. The van der Waals surface area contributed by atoms with Gasteiger partial charge in [-0.3, -0.25) is 19.5 Å². The second-order valence-electron chi connectivity index (χ2n) is 8.83. The molecule has 1 aromatic rings. The lowest BCUT2D eigenvalue weighted by Gasteiger charge is -2.39. The summed E-state index contributed by atoms with van der Waals surface area (Å²) in [6.07, 6.45) is -3.68. The van der Waals surface area contributed by atoms with Crippen LogP contribution >= 0.6 is 0 Å². The molecule has 214 valence electrons. The average Bonchev–Trinajstić information content (AvgIpc) is 3.08. The standard InChI is InChI=1S/C18H26N4O2.2C2HF3O2/c1-20(2)16(23)13-22-10-7-18(17(22)24)6-4-9-21(14-18)12-15-5-3-8-19-11-15;2*3-2(4,5)1(6)7/h3,5,8,11H,4,6-7,9-10,12-14H2,1-2H3;2*(H,6,7). The van der Waals surface area contributed by atoms with Crippen LogP contribution in [0.25, 0.3) is 0 Å². The summed E-state index contributed by atoms with van der Waals surface area (Å²) in [5, 5.41) is 14.2. The van der Waals surface area contributed by atoms with Crippen molar-refractivity contribution in [3.05, 3.63) is 30.1 Å². The molecule has 38 heavy (non-hydrogen) atoms. The van der Waals surface area contributed by atoms with Gasteiger partial charge in [0.05, 0.1) is 12.0 Å². The number of piperidine rings is 1. The number of likely N-dealkylation sites (tertiary alicyclic amines) is 2. The second-order valence-corrected chi connectivity index (χ2v) is 8.83. The van der Waals surface area contributed by atoms with Crippen molar-refractivity contribution in [1.29, 1.82) is 0 Å². The van der Waals surface area contributed by atoms with Gasteiger partial charge in [-0.2, -0.15) is 26.3 Å². The molecule has 1 unspecified atom stereocenters. The number of aromatic nitrogens is 1. The number of carbonyl (C=O) groups is 4. The van der Waals surface area contributed by atoms with Gasteiger partial charge < -0.3 is 20.0 Å². The summed E-state index contributed by atoms with van der Waals surface area (Å²) in [5.41, 5.74) is 0.882. The molecule has 3 heterocycles. The minimum atomic E-state index is -5.08. The largest absolute Gasteiger partial charge is 0.490 e. The minimum Gasteiger partial charge on any atom is -0.475 e. The Bertz CT molecular complexity index is 949. The van der Waals surface area contributed by atoms with Crippen molar-refractivity contribution < 1.29 is 55.7 Å². The Balaban J connectivity index is 0.000000426. The summed E-state index contributed by atoms with van der Waals surface area (Å²) >= 11 is 0. The maximum Gasteiger partial charge on any atom is 0.490 e. The van der Waals surface area contributed by atoms with E-state index in [1.807, 2.05) is 12.3 Å². The average molecular weight is 558 g/mol. The van der Waals surface area contributed by atoms with Crippen LogP contribution in [-0.2, 0) is 25.7 Å². The van der Waals surface area contributed by atoms with Crippen molar-refractivity contribution in [3.63, 3.8) is 0 Å². The lowest BCUT2D eigenvalue weighted by molar-refractivity contribution is -0.193. The number of amides is 2. The van der Waals surface area contributed by atoms with Gasteiger partial charge in [-0.25, -0.2) is 9.59 Å². The van der Waals surface area contributed by atoms with Crippen LogP contribution in [0.15, 0.2) is 24.5 Å². The van der Waals surface area contributed by atoms with Crippen LogP contribution in [0.4, 0.5) is 26.3 Å². The molecule has 2 aliphatic heterocycles. The number of halogens is 6. The maximum absolute atomic E-state index is 13.0. The molecule has 0 aromatic carbocycles. The molecule has 10 nitrogen and oxygen atoms in total. The van der Waals surface area contributed by atoms with E-state index < -0.39 is 24.3 Å². The Hall–Kier alpha value is -3.43. The first-order valence-corrected chi connectivity index (χ1v) is 11.1. The zero-order valence-corrected chi connectivity index (χ0v) is 20.6. The van der Waals surface area contributed by atoms with Gasteiger partial charge in [-0.05, 0) is 37.4 Å². The van der Waals surface area contributed by atoms with Crippen LogP contribution in [0.5, 0.6) is 0 Å². The number of rotatable bonds is 4. The number of alkyl halides is 6. The quantitative estimate of drug-likeness (QED) is 0.539. The summed E-state index contributed by atoms with van der Waals surface area (Å²) in [4.78, 5) is 52.5. The fourth-order valence-corrected chi connectivity index (χ4v) is 3.84. The Morgan fingerprint density at radius 3 is 2.03 bits per heavy atom. The van der Waals surface area contributed by atoms with Crippen molar-refractivity contribution >= 4 is 23.8 Å². The summed E-state index contributed by atoms with van der Waals surface area (Å²) in [6, 6.07) is 4.02. The summed E-state index contributed by atoms with van der Waals surface area (Å²) in [7, 11) is 3.46. The predicted molar refractivity (Wildman–Crippen MR) is 118 cm³/mol. The molecule has 1 spiro atoms. The Morgan fingerprint density at radius 1 is 1.03 bits per heavy atom. The van der Waals surface area contributed by atoms with Crippen LogP contribution in [0, 0.1) is 5.41 Å². The SMILES string of the molecule is CN(C)C(=O)CN1CCC2(CCCN(Cc3cccnc3)C2)C1=O.O=C(O)C(F)(F)F.O=C(O)C(F)(F)F. The Kier molecular flexibility index (Phi) is 11.5. The molecule has 0 bridgehead atoms. The van der Waals surface area contributed by atoms with Gasteiger partial charge in [-0.15, -0.1) is 0 Å². The van der Waals surface area contributed by atoms with E-state index in [-0.39, 0.29) is 23.8 Å². The van der Waals surface area contributed by atoms with Gasteiger partial charge in [0.15, 0.2) is 0 Å². The third kappa shape index (κ3) is 10.1. The van der Waals surface area contributed by atoms with E-state index in [0.29, 0.717) is 6.54 Å². The number of carboxylic acids is 2. The molecule has 0 radical (unpaired) electrons. The van der Waals surface area contributed by atoms with Crippen molar-refractivity contribution in [3.8, 4) is 0 Å². The zero-order valence-electron chi connectivity index (χ0n) is 20.6. The molecule has 1 atom stereocenters. The Morgan fingerprint density at radius 2 is 1.58 bits per heavy atom. The highest BCUT2D eigenvalue weighted by atomic mass is 19.4. The lowest BCUT2D eigenvalue weighted by atomic mass is 9.78. The molecule has 2 saturated heterocycles. The monoisotopic (exact) mass is 558 g/mol. The van der Waals surface area contributed by atoms with Gasteiger partial charge in [-0.1, -0.05) is 6.07 Å². The van der Waals surface area contributed by atoms with E-state index in [2.05, 4.69) is 16.0 Å². The van der Waals surface area contributed by atoms with Gasteiger partial charge in [0.2, 0.25) is 11.8 Å². The highest BCUT2D eigenvalue weighted by Gasteiger charge is 2.49. The van der Waals surface area contributed by atoms with E-state index in [1.165, 1.54) is 5.56 Å². The molecule has 1 aromatic heterocycles. The van der Waals surface area contributed by atoms with Gasteiger partial charge in [0.1, 0.15) is 0 Å². The van der Waals surface area contributed by atoms with Gasteiger partial charge in [0, 0.05) is 46.1 Å². The third-order valence-corrected chi connectivity index (χ3v) is 5.70. The molecule has 2 amide bonds. The molecule has 0 aliphatic carbocycles. The van der Waals surface area contributed by atoms with E-state index in [1.54, 1.807) is 30.1 Å². The summed E-state index contributed by atoms with van der Waals surface area (Å²) in [6.45, 7) is 3.53. The van der Waals surface area contributed by atoms with Crippen molar-refractivity contribution in [2.24, 2.45) is 5.41 Å². The third-order valence-electron chi connectivity index (χ3n) is 5.70. The fourth-order valence-electron chi connectivity index (χ4n) is 3.84. The topological polar surface area (TPSA) is 131 Å². The number of likely N-dealkylation sites (N-methyl/N-ethyl adjacent to an activating group) is 1. The van der Waals surface area contributed by atoms with Crippen LogP contribution in [-0.4, -0.2) is 106 Å². The van der Waals surface area contributed by atoms with Crippen LogP contribution < -0.4 is 0 Å². The highest BCUT2D eigenvalue weighted by Crippen LogP contribution is 2.40. The number of pyridine rings is 1. The first-order chi connectivity index (χ1) is 17.4. The molecule has 0 saturated carbocycles. The number of nitrogens with zero attached hydrogens (tertiary/aromatic N) is 4. The normalized spacial score (nSPS) is 19.7. The molecular formula is C22H28F6N4O6. The number of aliphatic carboxylic acids is 2. The van der Waals surface area contributed by atoms with E-state index in [9.17, 15) is 35.9 Å². The number of carbonyl (C=O) groups excluding carboxylic acids is 2. The van der Waals surface area contributed by atoms with E-state index >= 15 is 0 Å². The Labute approximate surface area is 213 Å². The van der Waals surface area contributed by atoms with Crippen LogP contribution in [0.3, 0.4) is 0 Å². The molecule has 2 aliphatic rings. The van der Waals surface area contributed by atoms with E-state index in [0.717, 1.165) is 38.9 Å². The molecular weight excluding hydrogens is 530 g/mol. The van der Waals surface area contributed by atoms with Crippen LogP contribution in [0.2, 0.25) is 0 Å². The molecule has 2 fully saturated rings. The molecule has 2 N–H and O–H groups in total. The number of hydrogen-bond acceptors (Lipinski definition) is 6. The van der Waals surface area contributed by atoms with Gasteiger partial charge >= 0.3 is 24.3 Å². The van der Waals surface area contributed by atoms with Crippen molar-refractivity contribution in [1.82, 2.24) is 19.7 Å². The first-order valence-electron chi connectivity index (χ1n) is 11.1. The van der Waals surface area contributed by atoms with Crippen LogP contribution in [0.1, 0.15) is 24.8 Å². The molecule has 16 heteroatoms. The number of carboxylic acid groups (broad SMARTS) is 2. The fraction of sp³-hybridized carbons (Fsp3) is 0.591. The number of hydrogen-bond donors (Lipinski definition) is 2. The van der Waals surface area contributed by atoms with E-state index in [4.69, 9.17) is 19.8 Å². The summed E-state index contributed by atoms with van der Waals surface area (Å²) in [5.74, 6) is -5.36. The predicted octanol–water partition coefficient (Wildman–Crippen LogP) is 2.25. The van der Waals surface area contributed by atoms with Crippen molar-refractivity contribution in [2.75, 3.05) is 40.3 Å². The zero-order chi connectivity index (χ0) is 29.3. The second kappa shape index (κ2) is 13.4. The van der Waals surface area contributed by atoms with Crippen molar-refractivity contribution in [2.45, 2.75) is 38.2 Å². The summed E-state index contributed by atoms with van der Waals surface area (Å²) < 4.78 is 63.5. The lowest BCUT2D eigenvalue weighted by Crippen LogP contribution is -2.48. The molecule has 3 rings (SSSR count). The maximum atomic E-state index is 13.0. The highest BCUT2D eigenvalue weighted by molar-refractivity contribution is 5.89.